The van der Waals surface area contributed by atoms with Gasteiger partial charge in [-0.25, -0.2) is 4.98 Å². The lowest BCUT2D eigenvalue weighted by atomic mass is 10.2. The predicted molar refractivity (Wildman–Crippen MR) is 46.4 cm³/mol. The van der Waals surface area contributed by atoms with E-state index in [4.69, 9.17) is 5.26 Å². The van der Waals surface area contributed by atoms with E-state index in [1.165, 1.54) is 0 Å². The highest BCUT2D eigenvalue weighted by Gasteiger charge is 2.05. The second kappa shape index (κ2) is 2.49. The minimum atomic E-state index is 0.516. The Balaban J connectivity index is 2.84. The zero-order valence-electron chi connectivity index (χ0n) is 7.02. The summed E-state index contributed by atoms with van der Waals surface area (Å²) >= 11 is 0. The van der Waals surface area contributed by atoms with E-state index in [-0.39, 0.29) is 0 Å². The van der Waals surface area contributed by atoms with Gasteiger partial charge in [0.25, 0.3) is 0 Å². The van der Waals surface area contributed by atoms with Crippen molar-refractivity contribution in [3.63, 3.8) is 0 Å². The highest BCUT2D eigenvalue weighted by atomic mass is 16.5. The van der Waals surface area contributed by atoms with Gasteiger partial charge < -0.3 is 5.21 Å². The molecule has 1 N–H and O–H groups in total. The molecule has 64 valence electrons. The Labute approximate surface area is 74.6 Å². The van der Waals surface area contributed by atoms with Gasteiger partial charge >= 0.3 is 0 Å². The van der Waals surface area contributed by atoms with E-state index in [2.05, 4.69) is 4.98 Å². The zero-order chi connectivity index (χ0) is 9.42. The van der Waals surface area contributed by atoms with E-state index in [0.29, 0.717) is 22.4 Å². The molecule has 0 spiro atoms. The Morgan fingerprint density at radius 1 is 1.54 bits per heavy atom. The van der Waals surface area contributed by atoms with Crippen LogP contribution in [0.1, 0.15) is 11.4 Å². The summed E-state index contributed by atoms with van der Waals surface area (Å²) < 4.78 is 0.982. The molecule has 1 aromatic heterocycles. The number of aryl methyl sites for hydroxylation is 1. The van der Waals surface area contributed by atoms with E-state index < -0.39 is 0 Å². The van der Waals surface area contributed by atoms with Crippen molar-refractivity contribution in [2.24, 2.45) is 0 Å². The second-order valence-electron chi connectivity index (χ2n) is 2.79. The number of hydrogen-bond acceptors (Lipinski definition) is 3. The molecule has 0 bridgehead atoms. The van der Waals surface area contributed by atoms with Gasteiger partial charge in [-0.2, -0.15) is 9.99 Å². The van der Waals surface area contributed by atoms with Crippen LogP contribution in [0, 0.1) is 18.3 Å². The maximum atomic E-state index is 9.46. The number of rotatable bonds is 0. The van der Waals surface area contributed by atoms with Crippen LogP contribution in [0.15, 0.2) is 18.2 Å². The molecule has 0 atom stereocenters. The topological polar surface area (TPSA) is 61.8 Å². The SMILES string of the molecule is Cc1nc2ccc(C#N)cc2n1O. The van der Waals surface area contributed by atoms with E-state index in [1.807, 2.05) is 6.07 Å². The van der Waals surface area contributed by atoms with Crippen LogP contribution < -0.4 is 0 Å². The van der Waals surface area contributed by atoms with Gasteiger partial charge in [0.05, 0.1) is 17.1 Å². The van der Waals surface area contributed by atoms with Crippen molar-refractivity contribution in [2.75, 3.05) is 0 Å². The fraction of sp³-hybridized carbons (Fsp3) is 0.111. The largest absolute Gasteiger partial charge is 0.427 e. The quantitative estimate of drug-likeness (QED) is 0.613. The molecular weight excluding hydrogens is 166 g/mol. The molecule has 0 aliphatic rings. The third-order valence-corrected chi connectivity index (χ3v) is 1.92. The molecule has 4 nitrogen and oxygen atoms in total. The summed E-state index contributed by atoms with van der Waals surface area (Å²) in [7, 11) is 0. The first-order valence-electron chi connectivity index (χ1n) is 3.81. The number of hydrogen-bond donors (Lipinski definition) is 1. The Kier molecular flexibility index (Phi) is 1.46. The molecule has 1 aromatic carbocycles. The van der Waals surface area contributed by atoms with Crippen LogP contribution >= 0.6 is 0 Å². The maximum Gasteiger partial charge on any atom is 0.142 e. The average molecular weight is 173 g/mol. The third kappa shape index (κ3) is 1.02. The summed E-state index contributed by atoms with van der Waals surface area (Å²) in [5.41, 5.74) is 1.78. The van der Waals surface area contributed by atoms with Crippen LogP contribution in [0.25, 0.3) is 11.0 Å². The lowest BCUT2D eigenvalue weighted by Crippen LogP contribution is -1.92. The van der Waals surface area contributed by atoms with Crippen molar-refractivity contribution in [3.05, 3.63) is 29.6 Å². The van der Waals surface area contributed by atoms with Crippen LogP contribution in [0.2, 0.25) is 0 Å². The molecule has 0 saturated carbocycles. The summed E-state index contributed by atoms with van der Waals surface area (Å²) in [6.45, 7) is 1.70. The molecule has 0 saturated heterocycles. The molecule has 1 heterocycles. The lowest BCUT2D eigenvalue weighted by molar-refractivity contribution is 0.191. The molecule has 0 aliphatic carbocycles. The van der Waals surface area contributed by atoms with Gasteiger partial charge in [0, 0.05) is 0 Å². The normalized spacial score (nSPS) is 10.2. The van der Waals surface area contributed by atoms with Gasteiger partial charge in [-0.15, -0.1) is 0 Å². The summed E-state index contributed by atoms with van der Waals surface area (Å²) in [5.74, 6) is 0.519. The minimum absolute atomic E-state index is 0.516. The van der Waals surface area contributed by atoms with Gasteiger partial charge in [-0.3, -0.25) is 0 Å². The van der Waals surface area contributed by atoms with Crippen LogP contribution in [-0.4, -0.2) is 14.9 Å². The molecular formula is C9H7N3O. The Bertz CT molecular complexity index is 507. The summed E-state index contributed by atoms with van der Waals surface area (Å²) in [6, 6.07) is 7.00. The first-order valence-corrected chi connectivity index (χ1v) is 3.81. The van der Waals surface area contributed by atoms with Crippen LogP contribution in [-0.2, 0) is 0 Å². The molecule has 0 unspecified atom stereocenters. The van der Waals surface area contributed by atoms with Gasteiger partial charge in [0.2, 0.25) is 0 Å². The number of nitriles is 1. The molecule has 0 radical (unpaired) electrons. The summed E-state index contributed by atoms with van der Waals surface area (Å²) in [4.78, 5) is 4.09. The van der Waals surface area contributed by atoms with Gasteiger partial charge in [-0.1, -0.05) is 0 Å². The Morgan fingerprint density at radius 3 is 3.00 bits per heavy atom. The molecule has 13 heavy (non-hydrogen) atoms. The van der Waals surface area contributed by atoms with E-state index in [9.17, 15) is 5.21 Å². The van der Waals surface area contributed by atoms with Crippen molar-refractivity contribution in [1.29, 1.82) is 5.26 Å². The molecule has 4 heteroatoms. The van der Waals surface area contributed by atoms with Crippen molar-refractivity contribution in [3.8, 4) is 6.07 Å². The van der Waals surface area contributed by atoms with E-state index in [0.717, 1.165) is 4.73 Å². The maximum absolute atomic E-state index is 9.46. The summed E-state index contributed by atoms with van der Waals surface area (Å²) in [5, 5.41) is 18.1. The molecule has 2 aromatic rings. The van der Waals surface area contributed by atoms with Crippen molar-refractivity contribution < 1.29 is 5.21 Å². The Hall–Kier alpha value is -2.02. The number of imidazole rings is 1. The lowest BCUT2D eigenvalue weighted by Gasteiger charge is -1.94. The number of benzene rings is 1. The monoisotopic (exact) mass is 173 g/mol. The van der Waals surface area contributed by atoms with Crippen molar-refractivity contribution >= 4 is 11.0 Å². The predicted octanol–water partition coefficient (Wildman–Crippen LogP) is 1.45. The molecule has 0 aliphatic heterocycles. The highest BCUT2D eigenvalue weighted by Crippen LogP contribution is 2.15. The number of aromatic nitrogens is 2. The van der Waals surface area contributed by atoms with Crippen LogP contribution in [0.3, 0.4) is 0 Å². The fourth-order valence-corrected chi connectivity index (χ4v) is 1.25. The number of nitrogens with zero attached hydrogens (tertiary/aromatic N) is 3. The van der Waals surface area contributed by atoms with E-state index >= 15 is 0 Å². The Morgan fingerprint density at radius 2 is 2.31 bits per heavy atom. The van der Waals surface area contributed by atoms with Gasteiger partial charge in [0.1, 0.15) is 11.3 Å². The highest BCUT2D eigenvalue weighted by molar-refractivity contribution is 5.77. The minimum Gasteiger partial charge on any atom is -0.427 e. The van der Waals surface area contributed by atoms with Gasteiger partial charge in [0.15, 0.2) is 0 Å². The first-order chi connectivity index (χ1) is 6.22. The third-order valence-electron chi connectivity index (χ3n) is 1.92. The second-order valence-corrected chi connectivity index (χ2v) is 2.79. The van der Waals surface area contributed by atoms with Crippen LogP contribution in [0.4, 0.5) is 0 Å². The smallest absolute Gasteiger partial charge is 0.142 e. The van der Waals surface area contributed by atoms with Gasteiger partial charge in [-0.05, 0) is 25.1 Å². The summed E-state index contributed by atoms with van der Waals surface area (Å²) in [6.07, 6.45) is 0. The molecule has 0 amide bonds. The van der Waals surface area contributed by atoms with Crippen molar-refractivity contribution in [2.45, 2.75) is 6.92 Å². The van der Waals surface area contributed by atoms with Crippen molar-refractivity contribution in [1.82, 2.24) is 9.71 Å². The molecule has 0 fully saturated rings. The van der Waals surface area contributed by atoms with Crippen LogP contribution in [0.5, 0.6) is 0 Å². The standard InChI is InChI=1S/C9H7N3O/c1-6-11-8-3-2-7(5-10)4-9(8)12(6)13/h2-4,13H,1H3. The fourth-order valence-electron chi connectivity index (χ4n) is 1.25. The number of fused-ring (bicyclic) bond motifs is 1. The molecule has 2 rings (SSSR count). The first kappa shape index (κ1) is 7.62. The average Bonchev–Trinajstić information content (AvgIpc) is 2.43. The van der Waals surface area contributed by atoms with E-state index in [1.54, 1.807) is 25.1 Å². The zero-order valence-corrected chi connectivity index (χ0v) is 7.02.